The number of hydrogen-bond acceptors (Lipinski definition) is 4. The van der Waals surface area contributed by atoms with Crippen LogP contribution in [0.25, 0.3) is 11.0 Å². The second kappa shape index (κ2) is 5.81. The van der Waals surface area contributed by atoms with Gasteiger partial charge in [0.2, 0.25) is 5.91 Å². The van der Waals surface area contributed by atoms with Gasteiger partial charge in [-0.15, -0.1) is 0 Å². The molecule has 0 N–H and O–H groups in total. The number of carbonyl (C=O) groups excluding carboxylic acids is 1. The quantitative estimate of drug-likeness (QED) is 0.838. The monoisotopic (exact) mass is 347 g/mol. The lowest BCUT2D eigenvalue weighted by Gasteiger charge is -2.48. The molecule has 0 bridgehead atoms. The van der Waals surface area contributed by atoms with E-state index in [4.69, 9.17) is 13.9 Å². The molecule has 1 spiro atoms. The van der Waals surface area contributed by atoms with Crippen molar-refractivity contribution in [1.29, 1.82) is 0 Å². The van der Waals surface area contributed by atoms with Crippen LogP contribution in [0, 0.1) is 5.82 Å². The Labute approximate surface area is 145 Å². The number of amides is 1. The largest absolute Gasteiger partial charge is 0.464 e. The van der Waals surface area contributed by atoms with Crippen LogP contribution < -0.4 is 0 Å². The Kier molecular flexibility index (Phi) is 3.85. The van der Waals surface area contributed by atoms with Crippen LogP contribution in [0.4, 0.5) is 4.39 Å². The lowest BCUT2D eigenvalue weighted by Crippen LogP contribution is -2.61. The normalized spacial score (nSPS) is 25.8. The Bertz CT molecular complexity index is 807. The lowest BCUT2D eigenvalue weighted by molar-refractivity contribution is -0.199. The number of hydrogen-bond donors (Lipinski definition) is 0. The first-order valence-corrected chi connectivity index (χ1v) is 8.57. The standard InChI is InChI=1S/C19H22FNO4/c1-18(2)10-21(11-19(25-18)5-6-23-12-19)17(22)7-13-9-24-16-8-14(20)3-4-15(13)16/h3-4,8-9H,5-7,10-12H2,1-2H3. The van der Waals surface area contributed by atoms with Gasteiger partial charge in [0.25, 0.3) is 0 Å². The van der Waals surface area contributed by atoms with Gasteiger partial charge in [-0.2, -0.15) is 0 Å². The van der Waals surface area contributed by atoms with E-state index in [9.17, 15) is 9.18 Å². The number of ether oxygens (including phenoxy) is 2. The molecule has 2 aliphatic rings. The first-order valence-electron chi connectivity index (χ1n) is 8.57. The summed E-state index contributed by atoms with van der Waals surface area (Å²) in [5, 5.41) is 0.779. The van der Waals surface area contributed by atoms with Crippen LogP contribution in [-0.2, 0) is 20.7 Å². The number of halogens is 1. The average molecular weight is 347 g/mol. The molecule has 1 amide bonds. The average Bonchev–Trinajstić information content (AvgIpc) is 3.12. The van der Waals surface area contributed by atoms with E-state index in [1.807, 2.05) is 18.7 Å². The molecule has 2 saturated heterocycles. The highest BCUT2D eigenvalue weighted by Crippen LogP contribution is 2.35. The minimum absolute atomic E-state index is 0.0228. The van der Waals surface area contributed by atoms with Crippen molar-refractivity contribution in [2.24, 2.45) is 0 Å². The van der Waals surface area contributed by atoms with Crippen LogP contribution in [0.15, 0.2) is 28.9 Å². The molecule has 25 heavy (non-hydrogen) atoms. The highest BCUT2D eigenvalue weighted by Gasteiger charge is 2.47. The maximum Gasteiger partial charge on any atom is 0.227 e. The minimum Gasteiger partial charge on any atom is -0.464 e. The Morgan fingerprint density at radius 3 is 2.92 bits per heavy atom. The summed E-state index contributed by atoms with van der Waals surface area (Å²) in [7, 11) is 0. The van der Waals surface area contributed by atoms with Crippen molar-refractivity contribution in [2.75, 3.05) is 26.3 Å². The number of carbonyl (C=O) groups is 1. The van der Waals surface area contributed by atoms with Crippen LogP contribution in [0.5, 0.6) is 0 Å². The molecule has 0 saturated carbocycles. The highest BCUT2D eigenvalue weighted by atomic mass is 19.1. The molecule has 1 aromatic carbocycles. The number of benzene rings is 1. The summed E-state index contributed by atoms with van der Waals surface area (Å²) < 4.78 is 30.5. The predicted octanol–water partition coefficient (Wildman–Crippen LogP) is 2.91. The van der Waals surface area contributed by atoms with Gasteiger partial charge in [0.05, 0.1) is 31.4 Å². The molecular formula is C19H22FNO4. The summed E-state index contributed by atoms with van der Waals surface area (Å²) in [4.78, 5) is 14.8. The number of fused-ring (bicyclic) bond motifs is 1. The molecule has 1 unspecified atom stereocenters. The third-order valence-corrected chi connectivity index (χ3v) is 4.92. The van der Waals surface area contributed by atoms with Gasteiger partial charge in [0.15, 0.2) is 0 Å². The van der Waals surface area contributed by atoms with Gasteiger partial charge in [-0.3, -0.25) is 4.79 Å². The maximum absolute atomic E-state index is 13.3. The summed E-state index contributed by atoms with van der Waals surface area (Å²) in [6.07, 6.45) is 2.57. The summed E-state index contributed by atoms with van der Waals surface area (Å²) in [6.45, 7) is 6.27. The van der Waals surface area contributed by atoms with Gasteiger partial charge in [-0.05, 0) is 26.0 Å². The second-order valence-corrected chi connectivity index (χ2v) is 7.68. The van der Waals surface area contributed by atoms with Crippen molar-refractivity contribution in [3.8, 4) is 0 Å². The zero-order chi connectivity index (χ0) is 17.7. The fraction of sp³-hybridized carbons (Fsp3) is 0.526. The van der Waals surface area contributed by atoms with Crippen LogP contribution in [0.1, 0.15) is 25.8 Å². The molecular weight excluding hydrogens is 325 g/mol. The van der Waals surface area contributed by atoms with Crippen molar-refractivity contribution >= 4 is 16.9 Å². The topological polar surface area (TPSA) is 51.9 Å². The van der Waals surface area contributed by atoms with Crippen molar-refractivity contribution in [3.05, 3.63) is 35.8 Å². The van der Waals surface area contributed by atoms with E-state index in [0.29, 0.717) is 31.9 Å². The Hall–Kier alpha value is -1.92. The SMILES string of the molecule is CC1(C)CN(C(=O)Cc2coc3cc(F)ccc23)CC2(CCOC2)O1. The highest BCUT2D eigenvalue weighted by molar-refractivity contribution is 5.87. The van der Waals surface area contributed by atoms with E-state index in [0.717, 1.165) is 17.4 Å². The molecule has 134 valence electrons. The summed E-state index contributed by atoms with van der Waals surface area (Å²) in [5.41, 5.74) is 0.425. The first-order chi connectivity index (χ1) is 11.9. The van der Waals surface area contributed by atoms with Gasteiger partial charge in [0, 0.05) is 36.6 Å². The van der Waals surface area contributed by atoms with Crippen molar-refractivity contribution < 1.29 is 23.1 Å². The zero-order valence-electron chi connectivity index (χ0n) is 14.5. The molecule has 2 fully saturated rings. The molecule has 4 rings (SSSR count). The number of morpholine rings is 1. The van der Waals surface area contributed by atoms with E-state index in [1.54, 1.807) is 12.3 Å². The predicted molar refractivity (Wildman–Crippen MR) is 89.8 cm³/mol. The zero-order valence-corrected chi connectivity index (χ0v) is 14.5. The van der Waals surface area contributed by atoms with E-state index in [2.05, 4.69) is 0 Å². The molecule has 5 nitrogen and oxygen atoms in total. The van der Waals surface area contributed by atoms with Crippen LogP contribution in [0.2, 0.25) is 0 Å². The summed E-state index contributed by atoms with van der Waals surface area (Å²) in [6, 6.07) is 4.38. The van der Waals surface area contributed by atoms with E-state index >= 15 is 0 Å². The van der Waals surface area contributed by atoms with E-state index in [1.165, 1.54) is 12.1 Å². The molecule has 0 aliphatic carbocycles. The van der Waals surface area contributed by atoms with E-state index in [-0.39, 0.29) is 18.1 Å². The van der Waals surface area contributed by atoms with Crippen molar-refractivity contribution in [2.45, 2.75) is 37.9 Å². The number of nitrogens with zero attached hydrogens (tertiary/aromatic N) is 1. The minimum atomic E-state index is -0.413. The fourth-order valence-corrected chi connectivity index (χ4v) is 3.95. The summed E-state index contributed by atoms with van der Waals surface area (Å²) >= 11 is 0. The molecule has 1 atom stereocenters. The second-order valence-electron chi connectivity index (χ2n) is 7.68. The number of furan rings is 1. The Morgan fingerprint density at radius 1 is 1.32 bits per heavy atom. The van der Waals surface area contributed by atoms with Gasteiger partial charge in [0.1, 0.15) is 17.0 Å². The third kappa shape index (κ3) is 3.16. The molecule has 2 aliphatic heterocycles. The molecule has 1 aromatic heterocycles. The van der Waals surface area contributed by atoms with Crippen LogP contribution >= 0.6 is 0 Å². The molecule has 2 aromatic rings. The number of rotatable bonds is 2. The molecule has 6 heteroatoms. The molecule has 0 radical (unpaired) electrons. The molecule has 3 heterocycles. The Morgan fingerprint density at radius 2 is 2.16 bits per heavy atom. The van der Waals surface area contributed by atoms with Crippen molar-refractivity contribution in [3.63, 3.8) is 0 Å². The smallest absolute Gasteiger partial charge is 0.227 e. The maximum atomic E-state index is 13.3. The van der Waals surface area contributed by atoms with Gasteiger partial charge >= 0.3 is 0 Å². The fourth-order valence-electron chi connectivity index (χ4n) is 3.95. The van der Waals surface area contributed by atoms with Gasteiger partial charge in [-0.25, -0.2) is 4.39 Å². The lowest BCUT2D eigenvalue weighted by atomic mass is 9.94. The Balaban J connectivity index is 1.55. The van der Waals surface area contributed by atoms with Gasteiger partial charge in [-0.1, -0.05) is 0 Å². The van der Waals surface area contributed by atoms with Crippen LogP contribution in [-0.4, -0.2) is 48.3 Å². The van der Waals surface area contributed by atoms with E-state index < -0.39 is 11.2 Å². The summed E-state index contributed by atoms with van der Waals surface area (Å²) in [5.74, 6) is -0.326. The van der Waals surface area contributed by atoms with Crippen molar-refractivity contribution in [1.82, 2.24) is 4.90 Å². The third-order valence-electron chi connectivity index (χ3n) is 4.92. The van der Waals surface area contributed by atoms with Crippen LogP contribution in [0.3, 0.4) is 0 Å². The van der Waals surface area contributed by atoms with Gasteiger partial charge < -0.3 is 18.8 Å². The first kappa shape index (κ1) is 16.5.